The van der Waals surface area contributed by atoms with Crippen molar-refractivity contribution in [1.82, 2.24) is 0 Å². The molecule has 0 atom stereocenters. The molecular formula is C33H24O3. The molecule has 0 radical (unpaired) electrons. The maximum Gasteiger partial charge on any atom is 0.149 e. The van der Waals surface area contributed by atoms with E-state index in [1.54, 1.807) is 0 Å². The maximum absolute atomic E-state index is 6.55. The van der Waals surface area contributed by atoms with Crippen LogP contribution in [0.4, 0.5) is 0 Å². The van der Waals surface area contributed by atoms with Crippen LogP contribution in [0.5, 0.6) is 0 Å². The van der Waals surface area contributed by atoms with E-state index < -0.39 is 0 Å². The van der Waals surface area contributed by atoms with E-state index in [2.05, 4.69) is 75.4 Å². The summed E-state index contributed by atoms with van der Waals surface area (Å²) in [6, 6.07) is 31.1. The summed E-state index contributed by atoms with van der Waals surface area (Å²) < 4.78 is 19.7. The topological polar surface area (TPSA) is 39.4 Å². The summed E-state index contributed by atoms with van der Waals surface area (Å²) in [5, 5.41) is 2.85. The third-order valence-electron chi connectivity index (χ3n) is 7.16. The fourth-order valence-electron chi connectivity index (χ4n) is 5.23. The van der Waals surface area contributed by atoms with Crippen molar-refractivity contribution in [3.05, 3.63) is 108 Å². The molecule has 0 unspecified atom stereocenters. The molecule has 0 saturated carbocycles. The van der Waals surface area contributed by atoms with E-state index in [0.717, 1.165) is 83.6 Å². The van der Waals surface area contributed by atoms with Gasteiger partial charge in [0, 0.05) is 16.7 Å². The van der Waals surface area contributed by atoms with E-state index in [-0.39, 0.29) is 0 Å². The van der Waals surface area contributed by atoms with Crippen LogP contribution in [0, 0.1) is 20.8 Å². The number of rotatable bonds is 3. The van der Waals surface area contributed by atoms with Crippen LogP contribution in [0.25, 0.3) is 66.9 Å². The lowest BCUT2D eigenvalue weighted by atomic mass is 10.0. The Balaban J connectivity index is 1.58. The third-order valence-corrected chi connectivity index (χ3v) is 7.16. The molecule has 0 aliphatic heterocycles. The van der Waals surface area contributed by atoms with Gasteiger partial charge in [0.15, 0.2) is 0 Å². The van der Waals surface area contributed by atoms with Gasteiger partial charge in [-0.25, -0.2) is 0 Å². The molecule has 0 bridgehead atoms. The summed E-state index contributed by atoms with van der Waals surface area (Å²) >= 11 is 0. The second kappa shape index (κ2) is 7.76. The summed E-state index contributed by atoms with van der Waals surface area (Å²) in [4.78, 5) is 0. The first-order valence-electron chi connectivity index (χ1n) is 12.2. The van der Waals surface area contributed by atoms with E-state index >= 15 is 0 Å². The van der Waals surface area contributed by atoms with E-state index in [0.29, 0.717) is 0 Å². The third kappa shape index (κ3) is 3.06. The van der Waals surface area contributed by atoms with Gasteiger partial charge in [-0.2, -0.15) is 0 Å². The summed E-state index contributed by atoms with van der Waals surface area (Å²) in [5.41, 5.74) is 9.06. The van der Waals surface area contributed by atoms with E-state index in [4.69, 9.17) is 13.3 Å². The Labute approximate surface area is 208 Å². The zero-order valence-corrected chi connectivity index (χ0v) is 20.4. The average molecular weight is 469 g/mol. The largest absolute Gasteiger partial charge is 0.455 e. The highest BCUT2D eigenvalue weighted by Crippen LogP contribution is 2.45. The quantitative estimate of drug-likeness (QED) is 0.259. The van der Waals surface area contributed by atoms with Gasteiger partial charge >= 0.3 is 0 Å². The molecule has 0 fully saturated rings. The van der Waals surface area contributed by atoms with Crippen LogP contribution >= 0.6 is 0 Å². The number of hydrogen-bond acceptors (Lipinski definition) is 3. The molecule has 3 aromatic heterocycles. The van der Waals surface area contributed by atoms with Crippen LogP contribution in [0.3, 0.4) is 0 Å². The molecule has 174 valence electrons. The molecule has 0 amide bonds. The Kier molecular flexibility index (Phi) is 4.49. The maximum atomic E-state index is 6.55. The lowest BCUT2D eigenvalue weighted by molar-refractivity contribution is 0.623. The van der Waals surface area contributed by atoms with Gasteiger partial charge in [-0.1, -0.05) is 72.8 Å². The Morgan fingerprint density at radius 1 is 0.389 bits per heavy atom. The van der Waals surface area contributed by atoms with Crippen molar-refractivity contribution >= 4 is 32.9 Å². The van der Waals surface area contributed by atoms with Crippen LogP contribution in [-0.2, 0) is 0 Å². The number of aryl methyl sites for hydroxylation is 3. The Hall–Kier alpha value is -4.50. The van der Waals surface area contributed by atoms with Crippen LogP contribution in [0.1, 0.15) is 16.7 Å². The van der Waals surface area contributed by atoms with E-state index in [9.17, 15) is 0 Å². The number of hydrogen-bond donors (Lipinski definition) is 0. The molecule has 0 N–H and O–H groups in total. The lowest BCUT2D eigenvalue weighted by Gasteiger charge is -2.00. The predicted molar refractivity (Wildman–Crippen MR) is 146 cm³/mol. The number of benzene rings is 4. The fraction of sp³-hybridized carbons (Fsp3) is 0.0909. The Morgan fingerprint density at radius 2 is 0.667 bits per heavy atom. The van der Waals surface area contributed by atoms with Crippen molar-refractivity contribution in [2.24, 2.45) is 0 Å². The van der Waals surface area contributed by atoms with Crippen molar-refractivity contribution in [3.8, 4) is 34.0 Å². The summed E-state index contributed by atoms with van der Waals surface area (Å²) in [6.07, 6.45) is 0. The zero-order chi connectivity index (χ0) is 24.4. The fourth-order valence-corrected chi connectivity index (χ4v) is 5.23. The second-order valence-electron chi connectivity index (χ2n) is 9.51. The molecular weight excluding hydrogens is 444 g/mol. The van der Waals surface area contributed by atoms with Gasteiger partial charge < -0.3 is 13.3 Å². The summed E-state index contributed by atoms with van der Waals surface area (Å²) in [6.45, 7) is 6.31. The van der Waals surface area contributed by atoms with E-state index in [1.165, 1.54) is 0 Å². The lowest BCUT2D eigenvalue weighted by Crippen LogP contribution is -1.78. The van der Waals surface area contributed by atoms with Crippen molar-refractivity contribution < 1.29 is 13.3 Å². The number of furan rings is 3. The van der Waals surface area contributed by atoms with Gasteiger partial charge in [0.2, 0.25) is 0 Å². The van der Waals surface area contributed by atoms with Gasteiger partial charge in [0.1, 0.15) is 34.0 Å². The first-order valence-corrected chi connectivity index (χ1v) is 12.2. The SMILES string of the molecule is Cc1ccccc1-c1cc2c(o1)c1cc(-c3ccccc3C)oc1c1cc(-c3ccccc3C)oc21. The van der Waals surface area contributed by atoms with Crippen LogP contribution in [-0.4, -0.2) is 0 Å². The highest BCUT2D eigenvalue weighted by Gasteiger charge is 2.23. The number of fused-ring (bicyclic) bond motifs is 6. The average Bonchev–Trinajstić information content (AvgIpc) is 3.61. The molecule has 0 aliphatic carbocycles. The second-order valence-corrected chi connectivity index (χ2v) is 9.51. The minimum absolute atomic E-state index is 0.782. The van der Waals surface area contributed by atoms with Crippen LogP contribution in [0.2, 0.25) is 0 Å². The van der Waals surface area contributed by atoms with Crippen LogP contribution in [0.15, 0.2) is 104 Å². The molecule has 3 heterocycles. The molecule has 3 heteroatoms. The molecule has 4 aromatic carbocycles. The smallest absolute Gasteiger partial charge is 0.149 e. The Bertz CT molecular complexity index is 1600. The standard InChI is InChI=1S/C33H24O3/c1-19-10-4-7-13-22(19)28-16-25-31(34-28)26-17-29(23-14-8-5-11-20(23)2)36-33(26)27-18-30(35-32(25)27)24-15-9-6-12-21(24)3/h4-18H,1-3H3. The molecule has 36 heavy (non-hydrogen) atoms. The van der Waals surface area contributed by atoms with Gasteiger partial charge in [0.05, 0.1) is 16.2 Å². The first-order chi connectivity index (χ1) is 17.6. The molecule has 0 spiro atoms. The molecule has 7 aromatic rings. The van der Waals surface area contributed by atoms with Gasteiger partial charge in [-0.3, -0.25) is 0 Å². The van der Waals surface area contributed by atoms with E-state index in [1.807, 2.05) is 36.4 Å². The minimum Gasteiger partial charge on any atom is -0.455 e. The summed E-state index contributed by atoms with van der Waals surface area (Å²) in [7, 11) is 0. The minimum atomic E-state index is 0.782. The molecule has 3 nitrogen and oxygen atoms in total. The summed E-state index contributed by atoms with van der Waals surface area (Å²) in [5.74, 6) is 2.47. The predicted octanol–water partition coefficient (Wildman–Crippen LogP) is 9.85. The van der Waals surface area contributed by atoms with Gasteiger partial charge in [-0.05, 0) is 55.7 Å². The monoisotopic (exact) mass is 468 g/mol. The first kappa shape index (κ1) is 20.8. The van der Waals surface area contributed by atoms with Gasteiger partial charge in [-0.15, -0.1) is 0 Å². The molecule has 0 aliphatic rings. The zero-order valence-electron chi connectivity index (χ0n) is 20.4. The van der Waals surface area contributed by atoms with Crippen LogP contribution < -0.4 is 0 Å². The van der Waals surface area contributed by atoms with Gasteiger partial charge in [0.25, 0.3) is 0 Å². The van der Waals surface area contributed by atoms with Crippen molar-refractivity contribution in [3.63, 3.8) is 0 Å². The highest BCUT2D eigenvalue weighted by molar-refractivity contribution is 6.22. The molecule has 0 saturated heterocycles. The normalized spacial score (nSPS) is 11.8. The van der Waals surface area contributed by atoms with Crippen molar-refractivity contribution in [2.75, 3.05) is 0 Å². The van der Waals surface area contributed by atoms with Crippen molar-refractivity contribution in [1.29, 1.82) is 0 Å². The Morgan fingerprint density at radius 3 is 0.944 bits per heavy atom. The van der Waals surface area contributed by atoms with Crippen molar-refractivity contribution in [2.45, 2.75) is 20.8 Å². The highest BCUT2D eigenvalue weighted by atomic mass is 16.4. The molecule has 7 rings (SSSR count).